The summed E-state index contributed by atoms with van der Waals surface area (Å²) in [4.78, 5) is 26.2. The summed E-state index contributed by atoms with van der Waals surface area (Å²) in [6.07, 6.45) is 0.675. The van der Waals surface area contributed by atoms with Crippen LogP contribution in [0.2, 0.25) is 0 Å². The van der Waals surface area contributed by atoms with Gasteiger partial charge in [0.25, 0.3) is 5.91 Å². The van der Waals surface area contributed by atoms with Gasteiger partial charge >= 0.3 is 5.97 Å². The highest BCUT2D eigenvalue weighted by molar-refractivity contribution is 7.16. The van der Waals surface area contributed by atoms with Crippen LogP contribution in [0.25, 0.3) is 0 Å². The number of carbonyl (C=O) groups excluding carboxylic acids is 2. The molecule has 0 radical (unpaired) electrons. The van der Waals surface area contributed by atoms with Crippen LogP contribution >= 0.6 is 11.3 Å². The van der Waals surface area contributed by atoms with Crippen molar-refractivity contribution in [1.29, 1.82) is 0 Å². The molecule has 1 N–H and O–H groups in total. The Morgan fingerprint density at radius 3 is 2.46 bits per heavy atom. The molecule has 7 heteroatoms. The van der Waals surface area contributed by atoms with Gasteiger partial charge in [-0.25, -0.2) is 4.79 Å². The van der Waals surface area contributed by atoms with E-state index in [9.17, 15) is 9.59 Å². The van der Waals surface area contributed by atoms with Gasteiger partial charge in [-0.3, -0.25) is 4.79 Å². The number of aryl methyl sites for hydroxylation is 1. The summed E-state index contributed by atoms with van der Waals surface area (Å²) >= 11 is 1.36. The number of esters is 1. The number of nitrogens with one attached hydrogen (secondary N) is 1. The van der Waals surface area contributed by atoms with Crippen molar-refractivity contribution in [2.24, 2.45) is 0 Å². The van der Waals surface area contributed by atoms with Crippen molar-refractivity contribution in [2.45, 2.75) is 27.2 Å². The van der Waals surface area contributed by atoms with Gasteiger partial charge in [-0.05, 0) is 38.0 Å². The zero-order valence-electron chi connectivity index (χ0n) is 15.6. The van der Waals surface area contributed by atoms with Gasteiger partial charge in [0, 0.05) is 4.88 Å². The molecule has 0 unspecified atom stereocenters. The average Bonchev–Trinajstić information content (AvgIpc) is 2.95. The van der Waals surface area contributed by atoms with Gasteiger partial charge in [0.05, 0.1) is 32.0 Å². The summed E-state index contributed by atoms with van der Waals surface area (Å²) in [5.74, 6) is -0.00615. The van der Waals surface area contributed by atoms with Crippen molar-refractivity contribution in [3.05, 3.63) is 39.8 Å². The highest BCUT2D eigenvalue weighted by Crippen LogP contribution is 2.36. The highest BCUT2D eigenvalue weighted by atomic mass is 32.1. The monoisotopic (exact) mass is 377 g/mol. The fourth-order valence-corrected chi connectivity index (χ4v) is 3.88. The largest absolute Gasteiger partial charge is 0.493 e. The van der Waals surface area contributed by atoms with Crippen LogP contribution in [0.5, 0.6) is 11.5 Å². The third-order valence-corrected chi connectivity index (χ3v) is 4.98. The molecule has 0 aliphatic heterocycles. The maximum atomic E-state index is 12.8. The van der Waals surface area contributed by atoms with E-state index in [2.05, 4.69) is 5.32 Å². The quantitative estimate of drug-likeness (QED) is 0.737. The third kappa shape index (κ3) is 3.83. The molecule has 6 nitrogen and oxygen atoms in total. The standard InChI is InChI=1S/C19H23NO5S/c1-6-12-11(3)26-18(15(12)19(22)25-7-2)20-17(21)13-9-8-10-14(23-4)16(13)24-5/h8-10H,6-7H2,1-5H3,(H,20,21). The minimum Gasteiger partial charge on any atom is -0.493 e. The van der Waals surface area contributed by atoms with Gasteiger partial charge in [0.2, 0.25) is 0 Å². The van der Waals surface area contributed by atoms with Gasteiger partial charge in [0.1, 0.15) is 5.00 Å². The normalized spacial score (nSPS) is 10.3. The molecule has 1 aromatic heterocycles. The fraction of sp³-hybridized carbons (Fsp3) is 0.368. The lowest BCUT2D eigenvalue weighted by Crippen LogP contribution is -2.16. The van der Waals surface area contributed by atoms with Crippen LogP contribution in [-0.2, 0) is 11.2 Å². The van der Waals surface area contributed by atoms with E-state index in [1.165, 1.54) is 25.6 Å². The summed E-state index contributed by atoms with van der Waals surface area (Å²) in [6.45, 7) is 5.92. The second-order valence-electron chi connectivity index (χ2n) is 5.41. The molecule has 2 aromatic rings. The molecule has 140 valence electrons. The van der Waals surface area contributed by atoms with Crippen molar-refractivity contribution in [3.8, 4) is 11.5 Å². The Labute approximate surface area is 157 Å². The number of amides is 1. The molecule has 1 amide bonds. The smallest absolute Gasteiger partial charge is 0.341 e. The summed E-state index contributed by atoms with van der Waals surface area (Å²) in [5, 5.41) is 3.31. The minimum atomic E-state index is -0.429. The number of ether oxygens (including phenoxy) is 3. The molecule has 2 rings (SSSR count). The van der Waals surface area contributed by atoms with Crippen molar-refractivity contribution in [1.82, 2.24) is 0 Å². The van der Waals surface area contributed by atoms with Gasteiger partial charge < -0.3 is 19.5 Å². The van der Waals surface area contributed by atoms with Crippen molar-refractivity contribution in [3.63, 3.8) is 0 Å². The lowest BCUT2D eigenvalue weighted by molar-refractivity contribution is 0.0527. The minimum absolute atomic E-state index is 0.272. The van der Waals surface area contributed by atoms with E-state index in [-0.39, 0.29) is 12.5 Å². The van der Waals surface area contributed by atoms with Crippen LogP contribution in [0, 0.1) is 6.92 Å². The number of hydrogen-bond donors (Lipinski definition) is 1. The molecular formula is C19H23NO5S. The van der Waals surface area contributed by atoms with Crippen LogP contribution in [-0.4, -0.2) is 32.7 Å². The molecule has 0 saturated heterocycles. The summed E-state index contributed by atoms with van der Waals surface area (Å²) < 4.78 is 15.7. The first-order valence-electron chi connectivity index (χ1n) is 8.30. The SMILES string of the molecule is CCOC(=O)c1c(NC(=O)c2cccc(OC)c2OC)sc(C)c1CC. The predicted octanol–water partition coefficient (Wildman–Crippen LogP) is 4.07. The maximum Gasteiger partial charge on any atom is 0.341 e. The number of hydrogen-bond acceptors (Lipinski definition) is 6. The number of thiophene rings is 1. The predicted molar refractivity (Wildman–Crippen MR) is 102 cm³/mol. The van der Waals surface area contributed by atoms with E-state index in [4.69, 9.17) is 14.2 Å². The summed E-state index contributed by atoms with van der Waals surface area (Å²) in [6, 6.07) is 5.06. The number of carbonyl (C=O) groups is 2. The van der Waals surface area contributed by atoms with Gasteiger partial charge in [-0.15, -0.1) is 11.3 Å². The van der Waals surface area contributed by atoms with Crippen LogP contribution in [0.4, 0.5) is 5.00 Å². The lowest BCUT2D eigenvalue weighted by atomic mass is 10.1. The molecular weight excluding hydrogens is 354 g/mol. The van der Waals surface area contributed by atoms with Crippen LogP contribution < -0.4 is 14.8 Å². The maximum absolute atomic E-state index is 12.8. The van der Waals surface area contributed by atoms with Crippen LogP contribution in [0.3, 0.4) is 0 Å². The summed E-state index contributed by atoms with van der Waals surface area (Å²) in [7, 11) is 2.98. The molecule has 0 atom stereocenters. The Bertz CT molecular complexity index is 813. The number of benzene rings is 1. The lowest BCUT2D eigenvalue weighted by Gasteiger charge is -2.13. The van der Waals surface area contributed by atoms with Crippen LogP contribution in [0.15, 0.2) is 18.2 Å². The zero-order chi connectivity index (χ0) is 19.3. The fourth-order valence-electron chi connectivity index (χ4n) is 2.75. The third-order valence-electron chi connectivity index (χ3n) is 3.92. The zero-order valence-corrected chi connectivity index (χ0v) is 16.4. The van der Waals surface area contributed by atoms with Crippen molar-refractivity contribution >= 4 is 28.2 Å². The number of methoxy groups -OCH3 is 2. The molecule has 0 aliphatic rings. The molecule has 1 heterocycles. The van der Waals surface area contributed by atoms with Gasteiger partial charge in [-0.1, -0.05) is 13.0 Å². The van der Waals surface area contributed by atoms with Crippen molar-refractivity contribution < 1.29 is 23.8 Å². The Morgan fingerprint density at radius 1 is 1.15 bits per heavy atom. The van der Waals surface area contributed by atoms with Crippen molar-refractivity contribution in [2.75, 3.05) is 26.1 Å². The second kappa shape index (κ2) is 8.71. The van der Waals surface area contributed by atoms with E-state index >= 15 is 0 Å². The topological polar surface area (TPSA) is 73.9 Å². The highest BCUT2D eigenvalue weighted by Gasteiger charge is 2.25. The first kappa shape index (κ1) is 19.8. The molecule has 0 fully saturated rings. The number of rotatable bonds is 7. The Hall–Kier alpha value is -2.54. The Balaban J connectivity index is 2.43. The van der Waals surface area contributed by atoms with E-state index in [0.29, 0.717) is 34.0 Å². The molecule has 1 aromatic carbocycles. The average molecular weight is 377 g/mol. The first-order valence-corrected chi connectivity index (χ1v) is 9.11. The molecule has 0 spiro atoms. The van der Waals surface area contributed by atoms with E-state index in [1.807, 2.05) is 13.8 Å². The molecule has 0 saturated carbocycles. The van der Waals surface area contributed by atoms with Gasteiger partial charge in [-0.2, -0.15) is 0 Å². The van der Waals surface area contributed by atoms with E-state index in [0.717, 1.165) is 10.4 Å². The molecule has 0 bridgehead atoms. The number of anilines is 1. The molecule has 0 aliphatic carbocycles. The Kier molecular flexibility index (Phi) is 6.63. The second-order valence-corrected chi connectivity index (χ2v) is 6.63. The molecule has 26 heavy (non-hydrogen) atoms. The summed E-state index contributed by atoms with van der Waals surface area (Å²) in [5.41, 5.74) is 1.64. The van der Waals surface area contributed by atoms with E-state index in [1.54, 1.807) is 25.1 Å². The Morgan fingerprint density at radius 2 is 1.88 bits per heavy atom. The number of para-hydroxylation sites is 1. The van der Waals surface area contributed by atoms with Crippen LogP contribution in [0.1, 0.15) is 45.0 Å². The van der Waals surface area contributed by atoms with E-state index < -0.39 is 5.97 Å². The van der Waals surface area contributed by atoms with Gasteiger partial charge in [0.15, 0.2) is 11.5 Å². The first-order chi connectivity index (χ1) is 12.5.